The summed E-state index contributed by atoms with van der Waals surface area (Å²) in [6.45, 7) is 4.56. The Bertz CT molecular complexity index is 1040. The van der Waals surface area contributed by atoms with Crippen molar-refractivity contribution < 1.29 is 9.84 Å². The molecule has 0 bridgehead atoms. The van der Waals surface area contributed by atoms with Gasteiger partial charge in [0, 0.05) is 17.4 Å². The van der Waals surface area contributed by atoms with Crippen LogP contribution in [0.15, 0.2) is 72.8 Å². The summed E-state index contributed by atoms with van der Waals surface area (Å²) in [6.07, 6.45) is 9.20. The predicted octanol–water partition coefficient (Wildman–Crippen LogP) is 6.90. The highest BCUT2D eigenvalue weighted by Gasteiger charge is 2.33. The molecule has 0 unspecified atom stereocenters. The third-order valence-electron chi connectivity index (χ3n) is 7.60. The largest absolute Gasteiger partial charge is 0.508 e. The maximum Gasteiger partial charge on any atom is 0.123 e. The Hall–Kier alpha value is -2.78. The van der Waals surface area contributed by atoms with Gasteiger partial charge in [0.15, 0.2) is 0 Å². The molecule has 3 aromatic carbocycles. The second kappa shape index (κ2) is 11.1. The standard InChI is InChI=1S/C31H37NO2/c33-27-17-18-30-28(22-27)31(29(23-34-30)25-11-5-3-6-12-25)26-15-13-24(14-16-26)10-4-1-2-7-19-32-20-8-9-21-32/h3,5-6,11-18,22,29,31,33H,1-2,4,7-10,19-21,23H2/t29-,31-/m1/s1. The zero-order chi connectivity index (χ0) is 23.2. The zero-order valence-corrected chi connectivity index (χ0v) is 20.2. The lowest BCUT2D eigenvalue weighted by Gasteiger charge is -2.34. The molecule has 3 heteroatoms. The van der Waals surface area contributed by atoms with Gasteiger partial charge in [0.2, 0.25) is 0 Å². The average Bonchev–Trinajstić information content (AvgIpc) is 3.40. The molecule has 178 valence electrons. The lowest BCUT2D eigenvalue weighted by Crippen LogP contribution is -2.25. The highest BCUT2D eigenvalue weighted by Crippen LogP contribution is 2.47. The molecule has 0 aliphatic carbocycles. The fraction of sp³-hybridized carbons (Fsp3) is 0.419. The van der Waals surface area contributed by atoms with Crippen LogP contribution in [-0.4, -0.2) is 36.2 Å². The first-order valence-electron chi connectivity index (χ1n) is 13.1. The van der Waals surface area contributed by atoms with Crippen molar-refractivity contribution in [1.82, 2.24) is 4.90 Å². The molecule has 1 fully saturated rings. The Labute approximate surface area is 204 Å². The minimum atomic E-state index is 0.165. The molecule has 0 amide bonds. The minimum absolute atomic E-state index is 0.165. The summed E-state index contributed by atoms with van der Waals surface area (Å²) in [6, 6.07) is 25.3. The lowest BCUT2D eigenvalue weighted by molar-refractivity contribution is 0.248. The van der Waals surface area contributed by atoms with Crippen molar-refractivity contribution in [2.45, 2.75) is 56.8 Å². The Morgan fingerprint density at radius 2 is 1.56 bits per heavy atom. The molecular formula is C31H37NO2. The van der Waals surface area contributed by atoms with E-state index < -0.39 is 0 Å². The molecule has 1 N–H and O–H groups in total. The van der Waals surface area contributed by atoms with E-state index in [-0.39, 0.29) is 11.8 Å². The number of benzene rings is 3. The van der Waals surface area contributed by atoms with Crippen LogP contribution in [0.4, 0.5) is 0 Å². The SMILES string of the molecule is Oc1ccc2c(c1)[C@@H](c1ccc(CCCCCCN3CCCC3)cc1)[C@@H](c1ccccc1)CO2. The number of aromatic hydroxyl groups is 1. The number of phenols is 1. The van der Waals surface area contributed by atoms with E-state index in [1.54, 1.807) is 6.07 Å². The van der Waals surface area contributed by atoms with Crippen LogP contribution < -0.4 is 4.74 Å². The summed E-state index contributed by atoms with van der Waals surface area (Å²) >= 11 is 0. The summed E-state index contributed by atoms with van der Waals surface area (Å²) in [5.41, 5.74) is 5.06. The Morgan fingerprint density at radius 3 is 2.35 bits per heavy atom. The van der Waals surface area contributed by atoms with Gasteiger partial charge in [0.05, 0.1) is 6.61 Å². The van der Waals surface area contributed by atoms with Crippen LogP contribution in [0, 0.1) is 0 Å². The number of ether oxygens (including phenoxy) is 1. The van der Waals surface area contributed by atoms with Gasteiger partial charge in [-0.1, -0.05) is 67.4 Å². The number of aryl methyl sites for hydroxylation is 1. The van der Waals surface area contributed by atoms with Crippen LogP contribution in [0.1, 0.15) is 72.6 Å². The first kappa shape index (κ1) is 23.0. The highest BCUT2D eigenvalue weighted by molar-refractivity contribution is 5.50. The molecule has 34 heavy (non-hydrogen) atoms. The van der Waals surface area contributed by atoms with Gasteiger partial charge in [-0.2, -0.15) is 0 Å². The Balaban J connectivity index is 1.24. The van der Waals surface area contributed by atoms with Gasteiger partial charge >= 0.3 is 0 Å². The van der Waals surface area contributed by atoms with Gasteiger partial charge in [-0.25, -0.2) is 0 Å². The topological polar surface area (TPSA) is 32.7 Å². The zero-order valence-electron chi connectivity index (χ0n) is 20.2. The van der Waals surface area contributed by atoms with Crippen LogP contribution in [0.3, 0.4) is 0 Å². The van der Waals surface area contributed by atoms with Crippen molar-refractivity contribution in [2.24, 2.45) is 0 Å². The average molecular weight is 456 g/mol. The minimum Gasteiger partial charge on any atom is -0.508 e. The fourth-order valence-electron chi connectivity index (χ4n) is 5.72. The number of rotatable bonds is 9. The van der Waals surface area contributed by atoms with E-state index in [2.05, 4.69) is 59.5 Å². The Morgan fingerprint density at radius 1 is 0.794 bits per heavy atom. The number of likely N-dealkylation sites (tertiary alicyclic amines) is 1. The normalized spacial score (nSPS) is 20.1. The summed E-state index contributed by atoms with van der Waals surface area (Å²) in [5.74, 6) is 1.56. The van der Waals surface area contributed by atoms with Gasteiger partial charge in [-0.05, 0) is 86.6 Å². The predicted molar refractivity (Wildman–Crippen MR) is 139 cm³/mol. The molecule has 0 aromatic heterocycles. The van der Waals surface area contributed by atoms with Crippen molar-refractivity contribution in [3.05, 3.63) is 95.1 Å². The van der Waals surface area contributed by atoms with Crippen molar-refractivity contribution in [1.29, 1.82) is 0 Å². The number of hydrogen-bond acceptors (Lipinski definition) is 3. The van der Waals surface area contributed by atoms with E-state index >= 15 is 0 Å². The quantitative estimate of drug-likeness (QED) is 0.356. The third-order valence-corrected chi connectivity index (χ3v) is 7.60. The van der Waals surface area contributed by atoms with Crippen molar-refractivity contribution >= 4 is 0 Å². The van der Waals surface area contributed by atoms with E-state index in [1.165, 1.54) is 74.8 Å². The maximum absolute atomic E-state index is 10.2. The summed E-state index contributed by atoms with van der Waals surface area (Å²) in [5, 5.41) is 10.2. The molecule has 2 atom stereocenters. The number of nitrogens with zero attached hydrogens (tertiary/aromatic N) is 1. The first-order chi connectivity index (χ1) is 16.8. The third kappa shape index (κ3) is 5.47. The van der Waals surface area contributed by atoms with Crippen LogP contribution in [-0.2, 0) is 6.42 Å². The number of hydrogen-bond donors (Lipinski definition) is 1. The highest BCUT2D eigenvalue weighted by atomic mass is 16.5. The molecule has 0 radical (unpaired) electrons. The van der Waals surface area contributed by atoms with Crippen LogP contribution >= 0.6 is 0 Å². The van der Waals surface area contributed by atoms with Crippen LogP contribution in [0.2, 0.25) is 0 Å². The van der Waals surface area contributed by atoms with Crippen LogP contribution in [0.5, 0.6) is 11.5 Å². The monoisotopic (exact) mass is 455 g/mol. The first-order valence-corrected chi connectivity index (χ1v) is 13.1. The van der Waals surface area contributed by atoms with Gasteiger partial charge < -0.3 is 14.7 Å². The second-order valence-corrected chi connectivity index (χ2v) is 9.98. The van der Waals surface area contributed by atoms with Gasteiger partial charge in [-0.3, -0.25) is 0 Å². The molecule has 5 rings (SSSR count). The van der Waals surface area contributed by atoms with E-state index in [0.29, 0.717) is 12.4 Å². The molecule has 0 spiro atoms. The second-order valence-electron chi connectivity index (χ2n) is 9.98. The molecule has 3 aromatic rings. The number of fused-ring (bicyclic) bond motifs is 1. The van der Waals surface area contributed by atoms with Crippen molar-refractivity contribution in [3.63, 3.8) is 0 Å². The molecular weight excluding hydrogens is 418 g/mol. The molecule has 2 heterocycles. The molecule has 2 aliphatic heterocycles. The molecule has 3 nitrogen and oxygen atoms in total. The van der Waals surface area contributed by atoms with E-state index in [9.17, 15) is 5.11 Å². The Kier molecular flexibility index (Phi) is 7.50. The summed E-state index contributed by atoms with van der Waals surface area (Å²) in [4.78, 5) is 2.62. The number of phenolic OH excluding ortho intramolecular Hbond substituents is 1. The summed E-state index contributed by atoms with van der Waals surface area (Å²) < 4.78 is 6.12. The van der Waals surface area contributed by atoms with E-state index in [0.717, 1.165) is 17.7 Å². The van der Waals surface area contributed by atoms with Gasteiger partial charge in [-0.15, -0.1) is 0 Å². The fourth-order valence-corrected chi connectivity index (χ4v) is 5.72. The van der Waals surface area contributed by atoms with Crippen LogP contribution in [0.25, 0.3) is 0 Å². The molecule has 2 aliphatic rings. The van der Waals surface area contributed by atoms with E-state index in [1.807, 2.05) is 12.1 Å². The summed E-state index contributed by atoms with van der Waals surface area (Å²) in [7, 11) is 0. The lowest BCUT2D eigenvalue weighted by atomic mass is 9.75. The van der Waals surface area contributed by atoms with Gasteiger partial charge in [0.1, 0.15) is 11.5 Å². The van der Waals surface area contributed by atoms with Crippen molar-refractivity contribution in [3.8, 4) is 11.5 Å². The number of unbranched alkanes of at least 4 members (excludes halogenated alkanes) is 3. The van der Waals surface area contributed by atoms with E-state index in [4.69, 9.17) is 4.74 Å². The smallest absolute Gasteiger partial charge is 0.123 e. The molecule has 0 saturated carbocycles. The molecule has 1 saturated heterocycles. The van der Waals surface area contributed by atoms with Gasteiger partial charge in [0.25, 0.3) is 0 Å². The van der Waals surface area contributed by atoms with Crippen molar-refractivity contribution in [2.75, 3.05) is 26.2 Å². The maximum atomic E-state index is 10.2.